The van der Waals surface area contributed by atoms with E-state index in [0.29, 0.717) is 0 Å². The van der Waals surface area contributed by atoms with E-state index in [2.05, 4.69) is 42.5 Å². The fraction of sp³-hybridized carbons (Fsp3) is 0.429. The molecule has 0 radical (unpaired) electrons. The SMILES string of the molecule is C1=C[C@H]2CC[C@@H]1C[C@@H]2c1ccccc1. The molecular weight excluding hydrogens is 168 g/mol. The van der Waals surface area contributed by atoms with Crippen LogP contribution >= 0.6 is 0 Å². The van der Waals surface area contributed by atoms with Gasteiger partial charge in [-0.2, -0.15) is 0 Å². The smallest absolute Gasteiger partial charge is 0.00934 e. The highest BCUT2D eigenvalue weighted by Gasteiger charge is 2.32. The second-order valence-electron chi connectivity index (χ2n) is 4.64. The maximum Gasteiger partial charge on any atom is -0.00934 e. The lowest BCUT2D eigenvalue weighted by molar-refractivity contribution is 0.284. The molecule has 0 aliphatic heterocycles. The summed E-state index contributed by atoms with van der Waals surface area (Å²) in [5.74, 6) is 2.49. The van der Waals surface area contributed by atoms with Gasteiger partial charge in [0.15, 0.2) is 0 Å². The van der Waals surface area contributed by atoms with Crippen LogP contribution < -0.4 is 0 Å². The predicted octanol–water partition coefficient (Wildman–Crippen LogP) is 3.76. The van der Waals surface area contributed by atoms with Crippen LogP contribution in [0.4, 0.5) is 0 Å². The summed E-state index contributed by atoms with van der Waals surface area (Å²) in [6, 6.07) is 11.0. The zero-order chi connectivity index (χ0) is 9.38. The van der Waals surface area contributed by atoms with E-state index in [0.717, 1.165) is 17.8 Å². The Bertz CT molecular complexity index is 336. The summed E-state index contributed by atoms with van der Waals surface area (Å²) in [6.45, 7) is 0. The van der Waals surface area contributed by atoms with Gasteiger partial charge in [-0.3, -0.25) is 0 Å². The maximum atomic E-state index is 2.45. The van der Waals surface area contributed by atoms with E-state index in [-0.39, 0.29) is 0 Å². The van der Waals surface area contributed by atoms with Gasteiger partial charge in [0.25, 0.3) is 0 Å². The van der Waals surface area contributed by atoms with Crippen LogP contribution in [0.3, 0.4) is 0 Å². The molecule has 0 unspecified atom stereocenters. The van der Waals surface area contributed by atoms with Gasteiger partial charge in [0.2, 0.25) is 0 Å². The Labute approximate surface area is 85.6 Å². The Balaban J connectivity index is 1.91. The Morgan fingerprint density at radius 2 is 1.79 bits per heavy atom. The van der Waals surface area contributed by atoms with Crippen LogP contribution in [0.15, 0.2) is 42.5 Å². The van der Waals surface area contributed by atoms with Crippen molar-refractivity contribution in [3.8, 4) is 0 Å². The summed E-state index contributed by atoms with van der Waals surface area (Å²) < 4.78 is 0. The first kappa shape index (κ1) is 8.28. The Kier molecular flexibility index (Phi) is 1.93. The molecule has 72 valence electrons. The number of hydrogen-bond acceptors (Lipinski definition) is 0. The van der Waals surface area contributed by atoms with Gasteiger partial charge in [0, 0.05) is 0 Å². The molecule has 1 saturated carbocycles. The van der Waals surface area contributed by atoms with Crippen molar-refractivity contribution < 1.29 is 0 Å². The molecule has 1 aromatic carbocycles. The molecule has 0 heterocycles. The molecule has 1 fully saturated rings. The van der Waals surface area contributed by atoms with Crippen LogP contribution in [0.25, 0.3) is 0 Å². The molecule has 0 aromatic heterocycles. The quantitative estimate of drug-likeness (QED) is 0.583. The molecule has 2 bridgehead atoms. The van der Waals surface area contributed by atoms with Crippen molar-refractivity contribution in [3.63, 3.8) is 0 Å². The topological polar surface area (TPSA) is 0 Å². The van der Waals surface area contributed by atoms with Crippen LogP contribution in [-0.2, 0) is 0 Å². The lowest BCUT2D eigenvalue weighted by Gasteiger charge is -2.38. The summed E-state index contributed by atoms with van der Waals surface area (Å²) in [5.41, 5.74) is 1.55. The van der Waals surface area contributed by atoms with E-state index in [1.54, 1.807) is 5.56 Å². The van der Waals surface area contributed by atoms with E-state index < -0.39 is 0 Å². The summed E-state index contributed by atoms with van der Waals surface area (Å²) in [6.07, 6.45) is 9.10. The molecule has 3 aliphatic carbocycles. The fourth-order valence-corrected chi connectivity index (χ4v) is 3.02. The van der Waals surface area contributed by atoms with E-state index in [1.807, 2.05) is 0 Å². The molecular formula is C14H16. The van der Waals surface area contributed by atoms with Crippen LogP contribution in [0.2, 0.25) is 0 Å². The highest BCUT2D eigenvalue weighted by molar-refractivity contribution is 5.25. The monoisotopic (exact) mass is 184 g/mol. The first-order valence-electron chi connectivity index (χ1n) is 5.67. The second-order valence-corrected chi connectivity index (χ2v) is 4.64. The highest BCUT2D eigenvalue weighted by Crippen LogP contribution is 2.45. The van der Waals surface area contributed by atoms with Crippen molar-refractivity contribution in [1.82, 2.24) is 0 Å². The zero-order valence-corrected chi connectivity index (χ0v) is 8.39. The van der Waals surface area contributed by atoms with Crippen molar-refractivity contribution in [2.75, 3.05) is 0 Å². The minimum atomic E-state index is 0.806. The predicted molar refractivity (Wildman–Crippen MR) is 59.2 cm³/mol. The van der Waals surface area contributed by atoms with E-state index >= 15 is 0 Å². The van der Waals surface area contributed by atoms with Crippen molar-refractivity contribution >= 4 is 0 Å². The average Bonchev–Trinajstić information content (AvgIpc) is 2.32. The Morgan fingerprint density at radius 1 is 0.929 bits per heavy atom. The Hall–Kier alpha value is -1.04. The molecule has 0 N–H and O–H groups in total. The van der Waals surface area contributed by atoms with Gasteiger partial charge in [-0.25, -0.2) is 0 Å². The molecule has 1 aromatic rings. The lowest BCUT2D eigenvalue weighted by atomic mass is 9.67. The normalized spacial score (nSPS) is 34.7. The van der Waals surface area contributed by atoms with Crippen molar-refractivity contribution in [1.29, 1.82) is 0 Å². The molecule has 3 atom stereocenters. The van der Waals surface area contributed by atoms with E-state index in [9.17, 15) is 0 Å². The standard InChI is InChI=1S/C14H16/c1-2-4-12(5-3-1)14-10-11-6-8-13(14)9-7-11/h1-6,8,11,13-14H,7,9-10H2/t11-,13+,14-/m1/s1. The first-order chi connectivity index (χ1) is 6.93. The highest BCUT2D eigenvalue weighted by atomic mass is 14.4. The fourth-order valence-electron chi connectivity index (χ4n) is 3.02. The average molecular weight is 184 g/mol. The molecule has 0 heteroatoms. The van der Waals surface area contributed by atoms with E-state index in [1.165, 1.54) is 19.3 Å². The number of hydrogen-bond donors (Lipinski definition) is 0. The van der Waals surface area contributed by atoms with Gasteiger partial charge in [0.05, 0.1) is 0 Å². The van der Waals surface area contributed by atoms with Crippen molar-refractivity contribution in [2.45, 2.75) is 25.2 Å². The lowest BCUT2D eigenvalue weighted by Crippen LogP contribution is -2.25. The molecule has 14 heavy (non-hydrogen) atoms. The van der Waals surface area contributed by atoms with Crippen molar-refractivity contribution in [2.24, 2.45) is 11.8 Å². The molecule has 0 amide bonds. The molecule has 0 saturated heterocycles. The number of benzene rings is 1. The third-order valence-corrected chi connectivity index (χ3v) is 3.80. The maximum absolute atomic E-state index is 2.45. The number of rotatable bonds is 1. The van der Waals surface area contributed by atoms with Gasteiger partial charge in [-0.1, -0.05) is 42.5 Å². The van der Waals surface area contributed by atoms with Crippen LogP contribution in [0.1, 0.15) is 30.7 Å². The number of allylic oxidation sites excluding steroid dienone is 2. The first-order valence-corrected chi connectivity index (χ1v) is 5.67. The van der Waals surface area contributed by atoms with Gasteiger partial charge >= 0.3 is 0 Å². The molecule has 3 aliphatic rings. The third-order valence-electron chi connectivity index (χ3n) is 3.80. The van der Waals surface area contributed by atoms with Gasteiger partial charge in [-0.15, -0.1) is 0 Å². The van der Waals surface area contributed by atoms with Crippen LogP contribution in [0, 0.1) is 11.8 Å². The summed E-state index contributed by atoms with van der Waals surface area (Å²) in [5, 5.41) is 0. The van der Waals surface area contributed by atoms with Gasteiger partial charge in [0.1, 0.15) is 0 Å². The largest absolute Gasteiger partial charge is 0.0851 e. The minimum absolute atomic E-state index is 0.806. The van der Waals surface area contributed by atoms with Crippen LogP contribution in [-0.4, -0.2) is 0 Å². The van der Waals surface area contributed by atoms with E-state index in [4.69, 9.17) is 0 Å². The third kappa shape index (κ3) is 1.30. The van der Waals surface area contributed by atoms with Crippen LogP contribution in [0.5, 0.6) is 0 Å². The van der Waals surface area contributed by atoms with Crippen molar-refractivity contribution in [3.05, 3.63) is 48.0 Å². The van der Waals surface area contributed by atoms with Gasteiger partial charge < -0.3 is 0 Å². The number of fused-ring (bicyclic) bond motifs is 2. The second kappa shape index (κ2) is 3.27. The Morgan fingerprint density at radius 3 is 2.36 bits per heavy atom. The minimum Gasteiger partial charge on any atom is -0.0851 e. The van der Waals surface area contributed by atoms with Gasteiger partial charge in [-0.05, 0) is 42.6 Å². The zero-order valence-electron chi connectivity index (χ0n) is 8.39. The molecule has 0 spiro atoms. The summed E-state index contributed by atoms with van der Waals surface area (Å²) >= 11 is 0. The summed E-state index contributed by atoms with van der Waals surface area (Å²) in [7, 11) is 0. The summed E-state index contributed by atoms with van der Waals surface area (Å²) in [4.78, 5) is 0. The molecule has 4 rings (SSSR count). The molecule has 0 nitrogen and oxygen atoms in total.